The first-order chi connectivity index (χ1) is 10.4. The number of rotatable bonds is 4. The number of nitrogens with two attached hydrogens (primary N) is 1. The largest absolute Gasteiger partial charge is 0.488 e. The van der Waals surface area contributed by atoms with E-state index in [4.69, 9.17) is 10.5 Å². The van der Waals surface area contributed by atoms with E-state index in [1.54, 1.807) is 12.1 Å². The van der Waals surface area contributed by atoms with E-state index < -0.39 is 0 Å². The van der Waals surface area contributed by atoms with E-state index in [-0.39, 0.29) is 11.5 Å². The third-order valence-electron chi connectivity index (χ3n) is 2.99. The van der Waals surface area contributed by atoms with Gasteiger partial charge in [-0.2, -0.15) is 0 Å². The number of hydrogen-bond donors (Lipinski definition) is 2. The number of hydrogen-bond acceptors (Lipinski definition) is 3. The first-order valence-electron chi connectivity index (χ1n) is 7.27. The van der Waals surface area contributed by atoms with Crippen LogP contribution >= 0.6 is 0 Å². The summed E-state index contributed by atoms with van der Waals surface area (Å²) in [6, 6.07) is 14.6. The molecule has 0 aliphatic rings. The highest BCUT2D eigenvalue weighted by Gasteiger charge is 2.12. The molecular formula is C18H22N2O2. The van der Waals surface area contributed by atoms with E-state index in [1.165, 1.54) is 0 Å². The van der Waals surface area contributed by atoms with E-state index in [0.29, 0.717) is 12.1 Å². The number of ether oxygens (including phenoxy) is 1. The minimum Gasteiger partial charge on any atom is -0.488 e. The second-order valence-electron chi connectivity index (χ2n) is 6.09. The van der Waals surface area contributed by atoms with Crippen LogP contribution in [-0.4, -0.2) is 11.5 Å². The SMILES string of the molecule is CC(C)(C)Oc1ccc(NC(=O)c2ccc(CN)cc2)cc1. The lowest BCUT2D eigenvalue weighted by Crippen LogP contribution is -2.22. The van der Waals surface area contributed by atoms with Crippen LogP contribution in [0.15, 0.2) is 48.5 Å². The van der Waals surface area contributed by atoms with Crippen molar-refractivity contribution in [2.24, 2.45) is 5.73 Å². The average molecular weight is 298 g/mol. The summed E-state index contributed by atoms with van der Waals surface area (Å²) in [5.74, 6) is 0.630. The van der Waals surface area contributed by atoms with Crippen molar-refractivity contribution in [1.82, 2.24) is 0 Å². The topological polar surface area (TPSA) is 64.3 Å². The molecule has 0 unspecified atom stereocenters. The van der Waals surface area contributed by atoms with E-state index >= 15 is 0 Å². The lowest BCUT2D eigenvalue weighted by atomic mass is 10.1. The minimum absolute atomic E-state index is 0.145. The average Bonchev–Trinajstić information content (AvgIpc) is 2.48. The monoisotopic (exact) mass is 298 g/mol. The molecule has 0 atom stereocenters. The van der Waals surface area contributed by atoms with Crippen molar-refractivity contribution in [3.63, 3.8) is 0 Å². The van der Waals surface area contributed by atoms with Crippen molar-refractivity contribution >= 4 is 11.6 Å². The van der Waals surface area contributed by atoms with Crippen LogP contribution < -0.4 is 15.8 Å². The summed E-state index contributed by atoms with van der Waals surface area (Å²) < 4.78 is 5.75. The Morgan fingerprint density at radius 1 is 1.05 bits per heavy atom. The number of amides is 1. The predicted octanol–water partition coefficient (Wildman–Crippen LogP) is 3.57. The van der Waals surface area contributed by atoms with Crippen molar-refractivity contribution in [2.45, 2.75) is 32.9 Å². The molecular weight excluding hydrogens is 276 g/mol. The number of carbonyl (C=O) groups excluding carboxylic acids is 1. The van der Waals surface area contributed by atoms with Crippen LogP contribution in [-0.2, 0) is 6.54 Å². The van der Waals surface area contributed by atoms with Crippen LogP contribution in [0.2, 0.25) is 0 Å². The maximum atomic E-state index is 12.2. The van der Waals surface area contributed by atoms with Gasteiger partial charge in [0, 0.05) is 17.8 Å². The fourth-order valence-electron chi connectivity index (χ4n) is 1.96. The standard InChI is InChI=1S/C18H22N2O2/c1-18(2,3)22-16-10-8-15(9-11-16)20-17(21)14-6-4-13(12-19)5-7-14/h4-11H,12,19H2,1-3H3,(H,20,21). The molecule has 116 valence electrons. The Labute approximate surface area is 131 Å². The van der Waals surface area contributed by atoms with Gasteiger partial charge in [0.2, 0.25) is 0 Å². The number of benzene rings is 2. The maximum Gasteiger partial charge on any atom is 0.255 e. The fourth-order valence-corrected chi connectivity index (χ4v) is 1.96. The highest BCUT2D eigenvalue weighted by atomic mass is 16.5. The molecule has 0 aliphatic carbocycles. The molecule has 0 radical (unpaired) electrons. The van der Waals surface area contributed by atoms with Gasteiger partial charge in [-0.25, -0.2) is 0 Å². The van der Waals surface area contributed by atoms with Gasteiger partial charge in [-0.1, -0.05) is 12.1 Å². The highest BCUT2D eigenvalue weighted by Crippen LogP contribution is 2.20. The summed E-state index contributed by atoms with van der Waals surface area (Å²) in [5.41, 5.74) is 7.64. The summed E-state index contributed by atoms with van der Waals surface area (Å²) in [7, 11) is 0. The highest BCUT2D eigenvalue weighted by molar-refractivity contribution is 6.04. The Morgan fingerprint density at radius 3 is 2.14 bits per heavy atom. The van der Waals surface area contributed by atoms with Crippen molar-refractivity contribution in [3.8, 4) is 5.75 Å². The molecule has 0 aliphatic heterocycles. The van der Waals surface area contributed by atoms with Gasteiger partial charge in [0.1, 0.15) is 11.4 Å². The molecule has 22 heavy (non-hydrogen) atoms. The van der Waals surface area contributed by atoms with Gasteiger partial charge in [0.25, 0.3) is 5.91 Å². The Bertz CT molecular complexity index is 626. The molecule has 1 amide bonds. The molecule has 0 fully saturated rings. The van der Waals surface area contributed by atoms with Gasteiger partial charge in [-0.15, -0.1) is 0 Å². The normalized spacial score (nSPS) is 11.1. The van der Waals surface area contributed by atoms with Gasteiger partial charge >= 0.3 is 0 Å². The maximum absolute atomic E-state index is 12.2. The third-order valence-corrected chi connectivity index (χ3v) is 2.99. The van der Waals surface area contributed by atoms with Crippen LogP contribution in [0, 0.1) is 0 Å². The molecule has 0 saturated heterocycles. The summed E-state index contributed by atoms with van der Waals surface area (Å²) in [6.45, 7) is 6.45. The van der Waals surface area contributed by atoms with Gasteiger partial charge < -0.3 is 15.8 Å². The smallest absolute Gasteiger partial charge is 0.255 e. The molecule has 0 bridgehead atoms. The molecule has 0 heterocycles. The van der Waals surface area contributed by atoms with E-state index in [2.05, 4.69) is 5.32 Å². The van der Waals surface area contributed by atoms with E-state index in [1.807, 2.05) is 57.2 Å². The molecule has 0 aromatic heterocycles. The first kappa shape index (κ1) is 16.0. The first-order valence-corrected chi connectivity index (χ1v) is 7.27. The molecule has 2 rings (SSSR count). The van der Waals surface area contributed by atoms with E-state index in [0.717, 1.165) is 17.0 Å². The Hall–Kier alpha value is -2.33. The number of carbonyl (C=O) groups is 1. The minimum atomic E-state index is -0.241. The quantitative estimate of drug-likeness (QED) is 0.907. The van der Waals surface area contributed by atoms with Crippen LogP contribution in [0.1, 0.15) is 36.7 Å². The third kappa shape index (κ3) is 4.60. The van der Waals surface area contributed by atoms with Crippen molar-refractivity contribution in [3.05, 3.63) is 59.7 Å². The van der Waals surface area contributed by atoms with Crippen LogP contribution in [0.3, 0.4) is 0 Å². The Balaban J connectivity index is 2.02. The summed E-state index contributed by atoms with van der Waals surface area (Å²) in [6.07, 6.45) is 0. The molecule has 4 heteroatoms. The van der Waals surface area contributed by atoms with Crippen molar-refractivity contribution < 1.29 is 9.53 Å². The van der Waals surface area contributed by atoms with E-state index in [9.17, 15) is 4.79 Å². The summed E-state index contributed by atoms with van der Waals surface area (Å²) in [4.78, 5) is 12.2. The van der Waals surface area contributed by atoms with Gasteiger partial charge in [-0.3, -0.25) is 4.79 Å². The lowest BCUT2D eigenvalue weighted by molar-refractivity contribution is 0.102. The zero-order valence-electron chi connectivity index (χ0n) is 13.2. The molecule has 2 aromatic rings. The van der Waals surface area contributed by atoms with Crippen LogP contribution in [0.5, 0.6) is 5.75 Å². The fraction of sp³-hybridized carbons (Fsp3) is 0.278. The van der Waals surface area contributed by atoms with Gasteiger partial charge in [-0.05, 0) is 62.7 Å². The molecule has 2 aromatic carbocycles. The van der Waals surface area contributed by atoms with Crippen molar-refractivity contribution in [2.75, 3.05) is 5.32 Å². The zero-order chi connectivity index (χ0) is 16.2. The molecule has 4 nitrogen and oxygen atoms in total. The predicted molar refractivity (Wildman–Crippen MR) is 89.1 cm³/mol. The zero-order valence-corrected chi connectivity index (χ0v) is 13.2. The lowest BCUT2D eigenvalue weighted by Gasteiger charge is -2.21. The van der Waals surface area contributed by atoms with Crippen molar-refractivity contribution in [1.29, 1.82) is 0 Å². The number of anilines is 1. The Kier molecular flexibility index (Phi) is 4.83. The van der Waals surface area contributed by atoms with Crippen LogP contribution in [0.4, 0.5) is 5.69 Å². The molecule has 0 spiro atoms. The second-order valence-corrected chi connectivity index (χ2v) is 6.09. The van der Waals surface area contributed by atoms with Crippen LogP contribution in [0.25, 0.3) is 0 Å². The number of nitrogens with one attached hydrogen (secondary N) is 1. The summed E-state index contributed by atoms with van der Waals surface area (Å²) >= 11 is 0. The van der Waals surface area contributed by atoms with Gasteiger partial charge in [0.15, 0.2) is 0 Å². The summed E-state index contributed by atoms with van der Waals surface area (Å²) in [5, 5.41) is 2.86. The van der Waals surface area contributed by atoms with Gasteiger partial charge in [0.05, 0.1) is 0 Å². The second kappa shape index (κ2) is 6.62. The molecule has 3 N–H and O–H groups in total. The molecule has 0 saturated carbocycles. The Morgan fingerprint density at radius 2 is 1.64 bits per heavy atom.